The van der Waals surface area contributed by atoms with Crippen molar-refractivity contribution in [2.24, 2.45) is 11.3 Å². The molecule has 38 heavy (non-hydrogen) atoms. The molecule has 0 spiro atoms. The van der Waals surface area contributed by atoms with Crippen molar-refractivity contribution in [3.05, 3.63) is 74.5 Å². The van der Waals surface area contributed by atoms with Crippen molar-refractivity contribution in [3.63, 3.8) is 0 Å². The number of rotatable bonds is 8. The summed E-state index contributed by atoms with van der Waals surface area (Å²) < 4.78 is 10.3. The van der Waals surface area contributed by atoms with Gasteiger partial charge in [-0.2, -0.15) is 0 Å². The zero-order valence-electron chi connectivity index (χ0n) is 23.6. The fourth-order valence-corrected chi connectivity index (χ4v) is 6.26. The summed E-state index contributed by atoms with van der Waals surface area (Å²) in [4.78, 5) is 37.4. The molecular formula is C30H40N2O6. The Kier molecular flexibility index (Phi) is 8.85. The highest BCUT2D eigenvalue weighted by atomic mass is 16.6. The van der Waals surface area contributed by atoms with Crippen molar-refractivity contribution in [3.8, 4) is 0 Å². The van der Waals surface area contributed by atoms with E-state index in [1.54, 1.807) is 19.1 Å². The van der Waals surface area contributed by atoms with Gasteiger partial charge in [0.25, 0.3) is 5.69 Å². The van der Waals surface area contributed by atoms with Crippen molar-refractivity contribution in [1.82, 2.24) is 5.32 Å². The van der Waals surface area contributed by atoms with E-state index in [1.165, 1.54) is 43.9 Å². The van der Waals surface area contributed by atoms with E-state index in [4.69, 9.17) is 9.47 Å². The van der Waals surface area contributed by atoms with E-state index in [1.807, 2.05) is 6.92 Å². The minimum Gasteiger partial charge on any atom is -0.469 e. The van der Waals surface area contributed by atoms with Crippen LogP contribution in [0.5, 0.6) is 0 Å². The summed E-state index contributed by atoms with van der Waals surface area (Å²) in [5.74, 6) is -2.70. The number of nitro groups is 1. The van der Waals surface area contributed by atoms with E-state index in [9.17, 15) is 19.7 Å². The maximum absolute atomic E-state index is 13.4. The van der Waals surface area contributed by atoms with Crippen molar-refractivity contribution >= 4 is 17.6 Å². The fraction of sp³-hybridized carbons (Fsp3) is 0.533. The SMILES string of the molecule is COC(=O)C1=C(C)NC(C)(CC/C=C/C2=C(C)CCCC2(C)C)C(C(=O)OC)C1c1cccc([N+](=O)[O-])c1. The molecule has 3 rings (SSSR count). The molecule has 1 N–H and O–H groups in total. The normalized spacial score (nSPS) is 25.2. The highest BCUT2D eigenvalue weighted by molar-refractivity contribution is 5.93. The highest BCUT2D eigenvalue weighted by Gasteiger charge is 2.51. The van der Waals surface area contributed by atoms with Gasteiger partial charge in [-0.25, -0.2) is 4.79 Å². The van der Waals surface area contributed by atoms with Gasteiger partial charge in [0, 0.05) is 29.3 Å². The van der Waals surface area contributed by atoms with Gasteiger partial charge in [-0.1, -0.05) is 43.7 Å². The van der Waals surface area contributed by atoms with Gasteiger partial charge in [0.2, 0.25) is 0 Å². The van der Waals surface area contributed by atoms with Gasteiger partial charge < -0.3 is 14.8 Å². The number of benzene rings is 1. The second-order valence-corrected chi connectivity index (χ2v) is 11.3. The van der Waals surface area contributed by atoms with Crippen LogP contribution in [0.3, 0.4) is 0 Å². The first kappa shape index (κ1) is 29.1. The molecule has 0 bridgehead atoms. The maximum Gasteiger partial charge on any atom is 0.336 e. The van der Waals surface area contributed by atoms with E-state index in [0.717, 1.165) is 12.8 Å². The number of hydrogen-bond acceptors (Lipinski definition) is 7. The van der Waals surface area contributed by atoms with Gasteiger partial charge in [-0.05, 0) is 69.4 Å². The second kappa shape index (κ2) is 11.5. The lowest BCUT2D eigenvalue weighted by atomic mass is 9.66. The zero-order valence-corrected chi connectivity index (χ0v) is 23.6. The minimum absolute atomic E-state index is 0.116. The van der Waals surface area contributed by atoms with E-state index < -0.39 is 34.2 Å². The number of nitro benzene ring substituents is 1. The smallest absolute Gasteiger partial charge is 0.336 e. The summed E-state index contributed by atoms with van der Waals surface area (Å²) in [5, 5.41) is 15.0. The van der Waals surface area contributed by atoms with Crippen LogP contribution in [0.25, 0.3) is 0 Å². The summed E-state index contributed by atoms with van der Waals surface area (Å²) in [6, 6.07) is 6.08. The lowest BCUT2D eigenvalue weighted by molar-refractivity contribution is -0.384. The number of nitrogens with one attached hydrogen (secondary N) is 1. The first-order valence-electron chi connectivity index (χ1n) is 13.1. The molecule has 0 amide bonds. The van der Waals surface area contributed by atoms with Gasteiger partial charge in [-0.3, -0.25) is 14.9 Å². The van der Waals surface area contributed by atoms with Crippen LogP contribution in [0.15, 0.2) is 58.8 Å². The molecular weight excluding hydrogens is 484 g/mol. The van der Waals surface area contributed by atoms with E-state index in [2.05, 4.69) is 38.2 Å². The zero-order chi connectivity index (χ0) is 28.3. The first-order chi connectivity index (χ1) is 17.9. The summed E-state index contributed by atoms with van der Waals surface area (Å²) in [6.45, 7) is 10.5. The van der Waals surface area contributed by atoms with Crippen LogP contribution in [0.4, 0.5) is 5.69 Å². The Hall–Kier alpha value is -3.42. The second-order valence-electron chi connectivity index (χ2n) is 11.3. The summed E-state index contributed by atoms with van der Waals surface area (Å²) in [7, 11) is 2.60. The number of nitrogens with zero attached hydrogens (tertiary/aromatic N) is 1. The molecule has 0 saturated carbocycles. The van der Waals surface area contributed by atoms with Crippen molar-refractivity contribution in [2.45, 2.75) is 78.2 Å². The van der Waals surface area contributed by atoms with Gasteiger partial charge in [0.1, 0.15) is 0 Å². The molecule has 8 heteroatoms. The van der Waals surface area contributed by atoms with Crippen LogP contribution in [-0.4, -0.2) is 36.6 Å². The molecule has 3 unspecified atom stereocenters. The monoisotopic (exact) mass is 524 g/mol. The summed E-state index contributed by atoms with van der Waals surface area (Å²) in [6.07, 6.45) is 9.10. The Morgan fingerprint density at radius 2 is 1.89 bits per heavy atom. The predicted molar refractivity (Wildman–Crippen MR) is 146 cm³/mol. The van der Waals surface area contributed by atoms with Gasteiger partial charge in [-0.15, -0.1) is 0 Å². The third-order valence-corrected chi connectivity index (χ3v) is 8.17. The third kappa shape index (κ3) is 5.84. The molecule has 1 aliphatic carbocycles. The molecule has 0 fully saturated rings. The lowest BCUT2D eigenvalue weighted by Crippen LogP contribution is -2.57. The average molecular weight is 525 g/mol. The van der Waals surface area contributed by atoms with Crippen molar-refractivity contribution in [2.75, 3.05) is 14.2 Å². The highest BCUT2D eigenvalue weighted by Crippen LogP contribution is 2.47. The first-order valence-corrected chi connectivity index (χ1v) is 13.1. The average Bonchev–Trinajstić information content (AvgIpc) is 2.86. The number of hydrogen-bond donors (Lipinski definition) is 1. The number of carbonyl (C=O) groups is 2. The molecule has 1 aromatic rings. The summed E-state index contributed by atoms with van der Waals surface area (Å²) >= 11 is 0. The van der Waals surface area contributed by atoms with Gasteiger partial charge in [0.15, 0.2) is 0 Å². The Balaban J connectivity index is 2.04. The van der Waals surface area contributed by atoms with E-state index >= 15 is 0 Å². The van der Waals surface area contributed by atoms with Crippen LogP contribution >= 0.6 is 0 Å². The number of allylic oxidation sites excluding steroid dienone is 5. The standard InChI is InChI=1S/C30H40N2O6/c1-19-12-11-16-29(3,4)23(19)15-8-9-17-30(5)26(28(34)38-7)25(24(20(2)31-30)27(33)37-6)21-13-10-14-22(18-21)32(35)36/h8,10,13-15,18,25-26,31H,9,11-12,16-17H2,1-7H3/b15-8+. The Bertz CT molecular complexity index is 1190. The summed E-state index contributed by atoms with van der Waals surface area (Å²) in [5.41, 5.74) is 3.33. The molecule has 1 aliphatic heterocycles. The van der Waals surface area contributed by atoms with Crippen LogP contribution in [0, 0.1) is 21.4 Å². The van der Waals surface area contributed by atoms with Crippen molar-refractivity contribution < 1.29 is 24.0 Å². The number of esters is 2. The Morgan fingerprint density at radius 3 is 2.50 bits per heavy atom. The number of carbonyl (C=O) groups excluding carboxylic acids is 2. The Morgan fingerprint density at radius 1 is 1.18 bits per heavy atom. The van der Waals surface area contributed by atoms with Crippen LogP contribution < -0.4 is 5.32 Å². The predicted octanol–water partition coefficient (Wildman–Crippen LogP) is 6.14. The fourth-order valence-electron chi connectivity index (χ4n) is 6.26. The topological polar surface area (TPSA) is 108 Å². The van der Waals surface area contributed by atoms with Gasteiger partial charge in [0.05, 0.1) is 30.6 Å². The third-order valence-electron chi connectivity index (χ3n) is 8.17. The van der Waals surface area contributed by atoms with Gasteiger partial charge >= 0.3 is 11.9 Å². The Labute approximate surface area is 225 Å². The quantitative estimate of drug-likeness (QED) is 0.247. The molecule has 1 aromatic carbocycles. The molecule has 3 atom stereocenters. The molecule has 206 valence electrons. The minimum atomic E-state index is -0.826. The molecule has 0 saturated heterocycles. The molecule has 1 heterocycles. The maximum atomic E-state index is 13.4. The van der Waals surface area contributed by atoms with E-state index in [0.29, 0.717) is 24.1 Å². The molecule has 0 radical (unpaired) electrons. The number of ether oxygens (including phenoxy) is 2. The molecule has 8 nitrogen and oxygen atoms in total. The molecule has 2 aliphatic rings. The van der Waals surface area contributed by atoms with Crippen LogP contribution in [0.1, 0.15) is 78.2 Å². The number of methoxy groups -OCH3 is 2. The van der Waals surface area contributed by atoms with E-state index in [-0.39, 0.29) is 16.7 Å². The van der Waals surface area contributed by atoms with Crippen molar-refractivity contribution in [1.29, 1.82) is 0 Å². The largest absolute Gasteiger partial charge is 0.469 e. The van der Waals surface area contributed by atoms with Crippen LogP contribution in [0.2, 0.25) is 0 Å². The van der Waals surface area contributed by atoms with Crippen LogP contribution in [-0.2, 0) is 19.1 Å². The lowest BCUT2D eigenvalue weighted by Gasteiger charge is -2.46. The molecule has 0 aromatic heterocycles. The number of non-ortho nitro benzene ring substituents is 1.